The van der Waals surface area contributed by atoms with Crippen molar-refractivity contribution in [3.8, 4) is 0 Å². The number of hydrogen-bond acceptors (Lipinski definition) is 3. The predicted molar refractivity (Wildman–Crippen MR) is 91.6 cm³/mol. The van der Waals surface area contributed by atoms with Gasteiger partial charge in [0.2, 0.25) is 0 Å². The lowest BCUT2D eigenvalue weighted by molar-refractivity contribution is 0.0698. The first-order chi connectivity index (χ1) is 11.2. The van der Waals surface area contributed by atoms with Crippen LogP contribution in [0, 0.1) is 5.82 Å². The van der Waals surface area contributed by atoms with Crippen molar-refractivity contribution in [2.24, 2.45) is 0 Å². The first kappa shape index (κ1) is 14.6. The minimum Gasteiger partial charge on any atom is -0.326 e. The number of thiophene rings is 2. The van der Waals surface area contributed by atoms with Gasteiger partial charge in [0, 0.05) is 21.9 Å². The molecule has 0 radical (unpaired) electrons. The smallest absolute Gasteiger partial charge is 0.254 e. The summed E-state index contributed by atoms with van der Waals surface area (Å²) in [6.07, 6.45) is 0.877. The highest BCUT2D eigenvalue weighted by Crippen LogP contribution is 2.40. The van der Waals surface area contributed by atoms with E-state index in [1.54, 1.807) is 34.8 Å². The van der Waals surface area contributed by atoms with Crippen LogP contribution in [0.1, 0.15) is 31.7 Å². The first-order valence-corrected chi connectivity index (χ1v) is 9.16. The standard InChI is InChI=1S/C18H14FNOS2/c19-13-5-3-12(4-6-13)18(21)20-9-7-15-14(8-11-23-15)17(20)16-2-1-10-22-16/h1-6,8,10-11,17H,7,9H2/t17-/m1/s1. The molecule has 1 aromatic carbocycles. The molecule has 23 heavy (non-hydrogen) atoms. The molecule has 0 bridgehead atoms. The van der Waals surface area contributed by atoms with Crippen molar-refractivity contribution >= 4 is 28.6 Å². The van der Waals surface area contributed by atoms with Crippen molar-refractivity contribution in [1.29, 1.82) is 0 Å². The van der Waals surface area contributed by atoms with Crippen LogP contribution in [-0.2, 0) is 6.42 Å². The maximum Gasteiger partial charge on any atom is 0.254 e. The largest absolute Gasteiger partial charge is 0.326 e. The average molecular weight is 343 g/mol. The summed E-state index contributed by atoms with van der Waals surface area (Å²) >= 11 is 3.42. The fourth-order valence-corrected chi connectivity index (χ4v) is 4.81. The second-order valence-electron chi connectivity index (χ2n) is 5.47. The third-order valence-corrected chi connectivity index (χ3v) is 6.05. The van der Waals surface area contributed by atoms with Gasteiger partial charge in [-0.2, -0.15) is 0 Å². The van der Waals surface area contributed by atoms with Crippen LogP contribution in [0.3, 0.4) is 0 Å². The van der Waals surface area contributed by atoms with Gasteiger partial charge in [0.15, 0.2) is 0 Å². The van der Waals surface area contributed by atoms with E-state index < -0.39 is 0 Å². The Bertz CT molecular complexity index is 823. The highest BCUT2D eigenvalue weighted by atomic mass is 32.1. The number of hydrogen-bond donors (Lipinski definition) is 0. The van der Waals surface area contributed by atoms with Gasteiger partial charge in [-0.1, -0.05) is 6.07 Å². The molecule has 0 saturated heterocycles. The van der Waals surface area contributed by atoms with Crippen LogP contribution in [0.5, 0.6) is 0 Å². The van der Waals surface area contributed by atoms with Crippen LogP contribution in [0.15, 0.2) is 53.2 Å². The second kappa shape index (κ2) is 5.91. The molecule has 3 aromatic rings. The van der Waals surface area contributed by atoms with E-state index >= 15 is 0 Å². The van der Waals surface area contributed by atoms with Gasteiger partial charge in [0.1, 0.15) is 5.82 Å². The van der Waals surface area contributed by atoms with Gasteiger partial charge in [-0.05, 0) is 59.1 Å². The summed E-state index contributed by atoms with van der Waals surface area (Å²) in [6, 6.07) is 12.0. The number of rotatable bonds is 2. The Morgan fingerprint density at radius 1 is 1.09 bits per heavy atom. The van der Waals surface area contributed by atoms with Gasteiger partial charge in [0.25, 0.3) is 5.91 Å². The normalized spacial score (nSPS) is 17.1. The molecule has 5 heteroatoms. The summed E-state index contributed by atoms with van der Waals surface area (Å²) in [5.41, 5.74) is 1.76. The van der Waals surface area contributed by atoms with Crippen molar-refractivity contribution in [3.05, 3.63) is 79.9 Å². The molecule has 0 saturated carbocycles. The molecule has 0 N–H and O–H groups in total. The van der Waals surface area contributed by atoms with E-state index in [1.165, 1.54) is 27.5 Å². The molecule has 1 aliphatic heterocycles. The highest BCUT2D eigenvalue weighted by Gasteiger charge is 2.33. The van der Waals surface area contributed by atoms with E-state index in [0.29, 0.717) is 12.1 Å². The SMILES string of the molecule is O=C(c1ccc(F)cc1)N1CCc2sccc2[C@@H]1c1cccs1. The summed E-state index contributed by atoms with van der Waals surface area (Å²) in [6.45, 7) is 0.687. The van der Waals surface area contributed by atoms with Crippen LogP contribution in [0.4, 0.5) is 4.39 Å². The number of nitrogens with zero attached hydrogens (tertiary/aromatic N) is 1. The predicted octanol–water partition coefficient (Wildman–Crippen LogP) is 4.74. The van der Waals surface area contributed by atoms with Crippen LogP contribution in [0.2, 0.25) is 0 Å². The molecular formula is C18H14FNOS2. The lowest BCUT2D eigenvalue weighted by atomic mass is 9.97. The van der Waals surface area contributed by atoms with E-state index in [-0.39, 0.29) is 17.8 Å². The van der Waals surface area contributed by atoms with E-state index in [0.717, 1.165) is 6.42 Å². The summed E-state index contributed by atoms with van der Waals surface area (Å²) in [7, 11) is 0. The van der Waals surface area contributed by atoms with Crippen molar-refractivity contribution < 1.29 is 9.18 Å². The molecule has 4 rings (SSSR count). The Kier molecular flexibility index (Phi) is 3.75. The summed E-state index contributed by atoms with van der Waals surface area (Å²) in [5, 5.41) is 4.13. The molecule has 0 fully saturated rings. The zero-order valence-electron chi connectivity index (χ0n) is 12.2. The molecule has 1 atom stereocenters. The Balaban J connectivity index is 1.75. The van der Waals surface area contributed by atoms with E-state index in [1.807, 2.05) is 16.3 Å². The quantitative estimate of drug-likeness (QED) is 0.658. The Morgan fingerprint density at radius 2 is 1.91 bits per heavy atom. The fraction of sp³-hybridized carbons (Fsp3) is 0.167. The van der Waals surface area contributed by atoms with E-state index in [2.05, 4.69) is 17.5 Å². The van der Waals surface area contributed by atoms with Crippen molar-refractivity contribution in [2.45, 2.75) is 12.5 Å². The number of fused-ring (bicyclic) bond motifs is 1. The third kappa shape index (κ3) is 2.60. The molecule has 0 spiro atoms. The molecule has 1 amide bonds. The van der Waals surface area contributed by atoms with Gasteiger partial charge in [-0.25, -0.2) is 4.39 Å². The van der Waals surface area contributed by atoms with Crippen LogP contribution in [-0.4, -0.2) is 17.4 Å². The molecular weight excluding hydrogens is 329 g/mol. The minimum atomic E-state index is -0.324. The van der Waals surface area contributed by atoms with Gasteiger partial charge >= 0.3 is 0 Å². The van der Waals surface area contributed by atoms with E-state index in [4.69, 9.17) is 0 Å². The zero-order chi connectivity index (χ0) is 15.8. The molecule has 2 aromatic heterocycles. The lowest BCUT2D eigenvalue weighted by Crippen LogP contribution is -2.39. The zero-order valence-corrected chi connectivity index (χ0v) is 13.9. The minimum absolute atomic E-state index is 0.0393. The van der Waals surface area contributed by atoms with Crippen molar-refractivity contribution in [1.82, 2.24) is 4.90 Å². The number of carbonyl (C=O) groups excluding carboxylic acids is 1. The van der Waals surface area contributed by atoms with Crippen LogP contribution < -0.4 is 0 Å². The summed E-state index contributed by atoms with van der Waals surface area (Å²) in [4.78, 5) is 17.4. The van der Waals surface area contributed by atoms with Gasteiger partial charge in [0.05, 0.1) is 6.04 Å². The molecule has 3 heterocycles. The van der Waals surface area contributed by atoms with Crippen LogP contribution >= 0.6 is 22.7 Å². The first-order valence-electron chi connectivity index (χ1n) is 7.40. The number of halogens is 1. The number of benzene rings is 1. The number of amides is 1. The fourth-order valence-electron chi connectivity index (χ4n) is 3.05. The monoisotopic (exact) mass is 343 g/mol. The molecule has 116 valence electrons. The third-order valence-electron chi connectivity index (χ3n) is 4.13. The maximum atomic E-state index is 13.1. The number of carbonyl (C=O) groups is 1. The molecule has 0 unspecified atom stereocenters. The van der Waals surface area contributed by atoms with Gasteiger partial charge in [-0.15, -0.1) is 22.7 Å². The van der Waals surface area contributed by atoms with Crippen molar-refractivity contribution in [2.75, 3.05) is 6.54 Å². The van der Waals surface area contributed by atoms with Crippen molar-refractivity contribution in [3.63, 3.8) is 0 Å². The molecule has 0 aliphatic carbocycles. The van der Waals surface area contributed by atoms with Gasteiger partial charge < -0.3 is 4.90 Å². The average Bonchev–Trinajstić information content (AvgIpc) is 3.25. The Morgan fingerprint density at radius 3 is 2.65 bits per heavy atom. The highest BCUT2D eigenvalue weighted by molar-refractivity contribution is 7.10. The van der Waals surface area contributed by atoms with Crippen LogP contribution in [0.25, 0.3) is 0 Å². The van der Waals surface area contributed by atoms with Gasteiger partial charge in [-0.3, -0.25) is 4.79 Å². The van der Waals surface area contributed by atoms with E-state index in [9.17, 15) is 9.18 Å². The topological polar surface area (TPSA) is 20.3 Å². The summed E-state index contributed by atoms with van der Waals surface area (Å²) < 4.78 is 13.1. The summed E-state index contributed by atoms with van der Waals surface area (Å²) in [5.74, 6) is -0.365. The molecule has 1 aliphatic rings. The Labute approximate surface area is 141 Å². The maximum absolute atomic E-state index is 13.1. The second-order valence-corrected chi connectivity index (χ2v) is 7.45. The Hall–Kier alpha value is -1.98. The molecule has 2 nitrogen and oxygen atoms in total. The lowest BCUT2D eigenvalue weighted by Gasteiger charge is -2.35.